The molecule has 4 rings (SSSR count). The number of nitrogens with zero attached hydrogens (tertiary/aromatic N) is 1. The van der Waals surface area contributed by atoms with Gasteiger partial charge in [0.15, 0.2) is 0 Å². The molecule has 144 valence electrons. The Morgan fingerprint density at radius 1 is 0.964 bits per heavy atom. The summed E-state index contributed by atoms with van der Waals surface area (Å²) < 4.78 is 0. The van der Waals surface area contributed by atoms with Crippen molar-refractivity contribution < 1.29 is 0 Å². The zero-order valence-corrected chi connectivity index (χ0v) is 17.1. The van der Waals surface area contributed by atoms with Gasteiger partial charge in [0.25, 0.3) is 0 Å². The number of allylic oxidation sites excluding steroid dienone is 4. The summed E-state index contributed by atoms with van der Waals surface area (Å²) in [5.41, 5.74) is 11.0. The maximum atomic E-state index is 4.46. The third-order valence-corrected chi connectivity index (χ3v) is 6.09. The van der Waals surface area contributed by atoms with Gasteiger partial charge in [0.2, 0.25) is 0 Å². The summed E-state index contributed by atoms with van der Waals surface area (Å²) in [6.45, 7) is 12.0. The van der Waals surface area contributed by atoms with Crippen molar-refractivity contribution in [2.24, 2.45) is 0 Å². The molecule has 2 nitrogen and oxygen atoms in total. The molecule has 2 heteroatoms. The Bertz CT molecular complexity index is 934. The van der Waals surface area contributed by atoms with Crippen LogP contribution in [0.25, 0.3) is 5.57 Å². The normalized spacial score (nSPS) is 16.4. The van der Waals surface area contributed by atoms with Crippen LogP contribution in [0.4, 0.5) is 5.69 Å². The van der Waals surface area contributed by atoms with E-state index in [0.29, 0.717) is 0 Å². The molecule has 1 heterocycles. The number of hydrogen-bond donors (Lipinski definition) is 1. The molecule has 2 aromatic carbocycles. The Kier molecular flexibility index (Phi) is 5.50. The maximum absolute atomic E-state index is 4.46. The van der Waals surface area contributed by atoms with Gasteiger partial charge in [-0.1, -0.05) is 60.7 Å². The number of para-hydroxylation sites is 1. The minimum absolute atomic E-state index is 0.931. The molecule has 1 aliphatic heterocycles. The van der Waals surface area contributed by atoms with Gasteiger partial charge in [0.1, 0.15) is 0 Å². The lowest BCUT2D eigenvalue weighted by atomic mass is 9.81. The van der Waals surface area contributed by atoms with E-state index < -0.39 is 0 Å². The molecule has 2 aromatic rings. The van der Waals surface area contributed by atoms with E-state index in [1.807, 2.05) is 0 Å². The van der Waals surface area contributed by atoms with Gasteiger partial charge in [-0.15, -0.1) is 0 Å². The summed E-state index contributed by atoms with van der Waals surface area (Å²) in [4.78, 5) is 2.54. The third kappa shape index (κ3) is 3.57. The van der Waals surface area contributed by atoms with Crippen molar-refractivity contribution >= 4 is 11.3 Å². The smallest absolute Gasteiger partial charge is 0.0490 e. The first-order valence-corrected chi connectivity index (χ1v) is 10.4. The Hall–Kier alpha value is -2.58. The average molecular weight is 371 g/mol. The highest BCUT2D eigenvalue weighted by Crippen LogP contribution is 2.46. The zero-order valence-electron chi connectivity index (χ0n) is 17.1. The van der Waals surface area contributed by atoms with Gasteiger partial charge in [-0.2, -0.15) is 0 Å². The molecule has 1 N–H and O–H groups in total. The fraction of sp³-hybridized carbons (Fsp3) is 0.308. The summed E-state index contributed by atoms with van der Waals surface area (Å²) in [5, 5.41) is 3.59. The van der Waals surface area contributed by atoms with Crippen molar-refractivity contribution in [3.05, 3.63) is 94.7 Å². The summed E-state index contributed by atoms with van der Waals surface area (Å²) in [5.74, 6) is 0. The van der Waals surface area contributed by atoms with Gasteiger partial charge in [0, 0.05) is 30.0 Å². The van der Waals surface area contributed by atoms with E-state index in [1.54, 1.807) is 0 Å². The minimum atomic E-state index is 0.931. The molecule has 0 amide bonds. The third-order valence-electron chi connectivity index (χ3n) is 6.09. The van der Waals surface area contributed by atoms with Crippen LogP contribution in [0, 0.1) is 0 Å². The quantitative estimate of drug-likeness (QED) is 0.620. The van der Waals surface area contributed by atoms with Gasteiger partial charge in [-0.05, 0) is 68.0 Å². The van der Waals surface area contributed by atoms with Crippen LogP contribution >= 0.6 is 0 Å². The summed E-state index contributed by atoms with van der Waals surface area (Å²) in [6, 6.07) is 19.4. The van der Waals surface area contributed by atoms with Gasteiger partial charge in [-0.3, -0.25) is 0 Å². The van der Waals surface area contributed by atoms with Crippen LogP contribution in [-0.4, -0.2) is 13.1 Å². The topological polar surface area (TPSA) is 15.3 Å². The van der Waals surface area contributed by atoms with Crippen molar-refractivity contribution in [1.82, 2.24) is 5.32 Å². The first kappa shape index (κ1) is 18.8. The highest BCUT2D eigenvalue weighted by atomic mass is 15.2. The average Bonchev–Trinajstić information content (AvgIpc) is 2.73. The fourth-order valence-corrected chi connectivity index (χ4v) is 4.38. The highest BCUT2D eigenvalue weighted by Gasteiger charge is 2.30. The minimum Gasteiger partial charge on any atom is -0.340 e. The molecular formula is C26H30N2. The standard InChI is InChI=1S/C26H30N2/c1-19-14-15-24-21(3)23-12-7-8-13-25(23)28(26(24)20(19)2)17-9-16-27-18-22-10-5-4-6-11-22/h4-8,10-13,27H,3,9,14-18H2,1-2H3. The van der Waals surface area contributed by atoms with E-state index in [9.17, 15) is 0 Å². The van der Waals surface area contributed by atoms with Crippen molar-refractivity contribution in [3.63, 3.8) is 0 Å². The lowest BCUT2D eigenvalue weighted by Gasteiger charge is -2.40. The van der Waals surface area contributed by atoms with Gasteiger partial charge in [0.05, 0.1) is 0 Å². The Morgan fingerprint density at radius 2 is 1.71 bits per heavy atom. The number of hydrogen-bond acceptors (Lipinski definition) is 2. The summed E-state index contributed by atoms with van der Waals surface area (Å²) in [6.07, 6.45) is 3.36. The van der Waals surface area contributed by atoms with Crippen molar-refractivity contribution in [2.45, 2.75) is 39.7 Å². The summed E-state index contributed by atoms with van der Waals surface area (Å²) >= 11 is 0. The largest absolute Gasteiger partial charge is 0.340 e. The van der Waals surface area contributed by atoms with Gasteiger partial charge < -0.3 is 10.2 Å². The van der Waals surface area contributed by atoms with E-state index in [2.05, 4.69) is 85.2 Å². The molecule has 0 radical (unpaired) electrons. The Balaban J connectivity index is 1.50. The molecule has 28 heavy (non-hydrogen) atoms. The molecule has 0 bridgehead atoms. The Morgan fingerprint density at radius 3 is 2.54 bits per heavy atom. The molecule has 0 aromatic heterocycles. The first-order chi connectivity index (χ1) is 13.7. The molecule has 0 spiro atoms. The van der Waals surface area contributed by atoms with Crippen LogP contribution in [-0.2, 0) is 6.54 Å². The zero-order chi connectivity index (χ0) is 19.5. The van der Waals surface area contributed by atoms with Gasteiger partial charge >= 0.3 is 0 Å². The molecule has 1 aliphatic carbocycles. The van der Waals surface area contributed by atoms with Crippen LogP contribution in [0.3, 0.4) is 0 Å². The highest BCUT2D eigenvalue weighted by molar-refractivity contribution is 5.92. The second kappa shape index (κ2) is 8.20. The second-order valence-corrected chi connectivity index (χ2v) is 7.90. The van der Waals surface area contributed by atoms with Crippen LogP contribution < -0.4 is 10.2 Å². The van der Waals surface area contributed by atoms with E-state index in [0.717, 1.165) is 38.9 Å². The lowest BCUT2D eigenvalue weighted by Crippen LogP contribution is -2.33. The maximum Gasteiger partial charge on any atom is 0.0490 e. The SMILES string of the molecule is C=C1C2=C(C(C)=C(C)CC2)N(CCCNCc2ccccc2)c2ccccc21. The first-order valence-electron chi connectivity index (χ1n) is 10.4. The fourth-order valence-electron chi connectivity index (χ4n) is 4.38. The predicted molar refractivity (Wildman–Crippen MR) is 120 cm³/mol. The molecule has 0 fully saturated rings. The summed E-state index contributed by atoms with van der Waals surface area (Å²) in [7, 11) is 0. The van der Waals surface area contributed by atoms with E-state index in [-0.39, 0.29) is 0 Å². The molecule has 0 saturated heterocycles. The molecular weight excluding hydrogens is 340 g/mol. The van der Waals surface area contributed by atoms with Crippen LogP contribution in [0.15, 0.2) is 83.6 Å². The molecule has 0 atom stereocenters. The number of nitrogens with one attached hydrogen (secondary N) is 1. The lowest BCUT2D eigenvalue weighted by molar-refractivity contribution is 0.643. The van der Waals surface area contributed by atoms with Crippen LogP contribution in [0.1, 0.15) is 44.2 Å². The van der Waals surface area contributed by atoms with E-state index >= 15 is 0 Å². The monoisotopic (exact) mass is 370 g/mol. The van der Waals surface area contributed by atoms with E-state index in [1.165, 1.54) is 44.8 Å². The van der Waals surface area contributed by atoms with Crippen molar-refractivity contribution in [1.29, 1.82) is 0 Å². The number of rotatable bonds is 6. The van der Waals surface area contributed by atoms with Crippen molar-refractivity contribution in [3.8, 4) is 0 Å². The van der Waals surface area contributed by atoms with Crippen molar-refractivity contribution in [2.75, 3.05) is 18.0 Å². The molecule has 0 saturated carbocycles. The number of fused-ring (bicyclic) bond motifs is 1. The molecule has 2 aliphatic rings. The Labute approximate surface area is 169 Å². The molecule has 0 unspecified atom stereocenters. The van der Waals surface area contributed by atoms with Gasteiger partial charge in [-0.25, -0.2) is 0 Å². The predicted octanol–water partition coefficient (Wildman–Crippen LogP) is 6.08. The number of anilines is 1. The van der Waals surface area contributed by atoms with Crippen LogP contribution in [0.5, 0.6) is 0 Å². The van der Waals surface area contributed by atoms with E-state index in [4.69, 9.17) is 0 Å². The second-order valence-electron chi connectivity index (χ2n) is 7.90. The number of benzene rings is 2. The van der Waals surface area contributed by atoms with Crippen LogP contribution in [0.2, 0.25) is 0 Å².